The highest BCUT2D eigenvalue weighted by Crippen LogP contribution is 2.19. The van der Waals surface area contributed by atoms with E-state index < -0.39 is 0 Å². The second-order valence-corrected chi connectivity index (χ2v) is 4.81. The van der Waals surface area contributed by atoms with E-state index in [4.69, 9.17) is 10.5 Å². The Morgan fingerprint density at radius 2 is 2.06 bits per heavy atom. The van der Waals surface area contributed by atoms with Gasteiger partial charge in [0.15, 0.2) is 0 Å². The minimum Gasteiger partial charge on any atom is -0.389 e. The van der Waals surface area contributed by atoms with Gasteiger partial charge in [-0.2, -0.15) is 0 Å². The molecule has 1 aliphatic heterocycles. The number of β-amino-alcohol motifs (C(OH)–C–C–N with tert-alkyl or cyclic N) is 1. The summed E-state index contributed by atoms with van der Waals surface area (Å²) in [4.78, 5) is 2.31. The zero-order valence-electron chi connectivity index (χ0n) is 10.6. The van der Waals surface area contributed by atoms with Crippen molar-refractivity contribution in [3.8, 4) is 0 Å². The molecule has 1 aliphatic rings. The predicted molar refractivity (Wildman–Crippen MR) is 65.3 cm³/mol. The molecule has 1 rings (SSSR count). The molecule has 1 fully saturated rings. The standard InChI is InChI=1S/C12H26N2O2/c1-3-16-9-12(15)8-14-6-4-11(5-7-14)10(2)13/h10-12,15H,3-9,13H2,1-2H3. The molecule has 0 aromatic heterocycles. The molecule has 96 valence electrons. The number of nitrogens with zero attached hydrogens (tertiary/aromatic N) is 1. The molecule has 2 unspecified atom stereocenters. The van der Waals surface area contributed by atoms with Crippen molar-refractivity contribution in [3.63, 3.8) is 0 Å². The first-order valence-electron chi connectivity index (χ1n) is 6.37. The molecule has 16 heavy (non-hydrogen) atoms. The average molecular weight is 230 g/mol. The van der Waals surface area contributed by atoms with Crippen molar-refractivity contribution in [2.45, 2.75) is 38.8 Å². The van der Waals surface area contributed by atoms with Gasteiger partial charge in [-0.05, 0) is 45.7 Å². The Balaban J connectivity index is 2.16. The Morgan fingerprint density at radius 1 is 1.44 bits per heavy atom. The fraction of sp³-hybridized carbons (Fsp3) is 1.00. The van der Waals surface area contributed by atoms with Crippen molar-refractivity contribution in [2.24, 2.45) is 11.7 Å². The van der Waals surface area contributed by atoms with Gasteiger partial charge in [-0.1, -0.05) is 0 Å². The van der Waals surface area contributed by atoms with E-state index in [9.17, 15) is 5.11 Å². The highest BCUT2D eigenvalue weighted by molar-refractivity contribution is 4.78. The Hall–Kier alpha value is -0.160. The maximum atomic E-state index is 9.72. The molecule has 0 amide bonds. The summed E-state index contributed by atoms with van der Waals surface area (Å²) in [7, 11) is 0. The molecule has 1 heterocycles. The van der Waals surface area contributed by atoms with Crippen LogP contribution in [0.15, 0.2) is 0 Å². The first-order valence-corrected chi connectivity index (χ1v) is 6.37. The third-order valence-corrected chi connectivity index (χ3v) is 3.36. The molecule has 2 atom stereocenters. The summed E-state index contributed by atoms with van der Waals surface area (Å²) in [5, 5.41) is 9.72. The van der Waals surface area contributed by atoms with Crippen LogP contribution >= 0.6 is 0 Å². The van der Waals surface area contributed by atoms with E-state index in [0.29, 0.717) is 25.2 Å². The fourth-order valence-electron chi connectivity index (χ4n) is 2.27. The van der Waals surface area contributed by atoms with Crippen LogP contribution in [0.1, 0.15) is 26.7 Å². The number of ether oxygens (including phenoxy) is 1. The van der Waals surface area contributed by atoms with Gasteiger partial charge in [0.2, 0.25) is 0 Å². The number of aliphatic hydroxyl groups is 1. The minimum absolute atomic E-state index is 0.301. The zero-order valence-corrected chi connectivity index (χ0v) is 10.6. The quantitative estimate of drug-likeness (QED) is 0.695. The van der Waals surface area contributed by atoms with Crippen LogP contribution < -0.4 is 5.73 Å². The van der Waals surface area contributed by atoms with Gasteiger partial charge >= 0.3 is 0 Å². The maximum Gasteiger partial charge on any atom is 0.0900 e. The molecule has 0 radical (unpaired) electrons. The SMILES string of the molecule is CCOCC(O)CN1CCC(C(C)N)CC1. The van der Waals surface area contributed by atoms with Crippen molar-refractivity contribution in [3.05, 3.63) is 0 Å². The molecular formula is C12H26N2O2. The number of piperidine rings is 1. The molecular weight excluding hydrogens is 204 g/mol. The number of likely N-dealkylation sites (tertiary alicyclic amines) is 1. The molecule has 4 nitrogen and oxygen atoms in total. The third-order valence-electron chi connectivity index (χ3n) is 3.36. The van der Waals surface area contributed by atoms with E-state index in [1.807, 2.05) is 6.92 Å². The van der Waals surface area contributed by atoms with Gasteiger partial charge in [0.1, 0.15) is 0 Å². The second kappa shape index (κ2) is 7.22. The predicted octanol–water partition coefficient (Wildman–Crippen LogP) is 0.443. The van der Waals surface area contributed by atoms with Gasteiger partial charge in [-0.25, -0.2) is 0 Å². The zero-order chi connectivity index (χ0) is 12.0. The Kier molecular flexibility index (Phi) is 6.28. The van der Waals surface area contributed by atoms with Gasteiger partial charge in [0.25, 0.3) is 0 Å². The van der Waals surface area contributed by atoms with Crippen LogP contribution in [0.3, 0.4) is 0 Å². The van der Waals surface area contributed by atoms with Crippen LogP contribution in [-0.4, -0.2) is 55.0 Å². The minimum atomic E-state index is -0.355. The van der Waals surface area contributed by atoms with E-state index in [1.54, 1.807) is 0 Å². The van der Waals surface area contributed by atoms with Gasteiger partial charge < -0.3 is 20.5 Å². The fourth-order valence-corrected chi connectivity index (χ4v) is 2.27. The van der Waals surface area contributed by atoms with Crippen molar-refractivity contribution in [1.82, 2.24) is 4.90 Å². The summed E-state index contributed by atoms with van der Waals surface area (Å²) in [6, 6.07) is 0.301. The van der Waals surface area contributed by atoms with Crippen LogP contribution in [0.2, 0.25) is 0 Å². The van der Waals surface area contributed by atoms with Crippen molar-refractivity contribution >= 4 is 0 Å². The van der Waals surface area contributed by atoms with Gasteiger partial charge in [0.05, 0.1) is 12.7 Å². The normalized spacial score (nSPS) is 23.2. The third kappa shape index (κ3) is 4.78. The highest BCUT2D eigenvalue weighted by Gasteiger charge is 2.22. The topological polar surface area (TPSA) is 58.7 Å². The first kappa shape index (κ1) is 13.9. The van der Waals surface area contributed by atoms with E-state index in [2.05, 4.69) is 11.8 Å². The van der Waals surface area contributed by atoms with E-state index in [0.717, 1.165) is 32.5 Å². The van der Waals surface area contributed by atoms with Gasteiger partial charge in [0, 0.05) is 19.2 Å². The van der Waals surface area contributed by atoms with Crippen LogP contribution in [0.25, 0.3) is 0 Å². The van der Waals surface area contributed by atoms with Crippen LogP contribution in [0.4, 0.5) is 0 Å². The number of aliphatic hydroxyl groups excluding tert-OH is 1. The van der Waals surface area contributed by atoms with Crippen LogP contribution in [0.5, 0.6) is 0 Å². The molecule has 0 saturated carbocycles. The summed E-state index contributed by atoms with van der Waals surface area (Å²) in [5.74, 6) is 0.653. The molecule has 0 aromatic rings. The molecule has 0 aromatic carbocycles. The second-order valence-electron chi connectivity index (χ2n) is 4.81. The molecule has 0 aliphatic carbocycles. The summed E-state index contributed by atoms with van der Waals surface area (Å²) in [5.41, 5.74) is 5.89. The number of hydrogen-bond donors (Lipinski definition) is 2. The monoisotopic (exact) mass is 230 g/mol. The van der Waals surface area contributed by atoms with Gasteiger partial charge in [-0.15, -0.1) is 0 Å². The van der Waals surface area contributed by atoms with Crippen LogP contribution in [-0.2, 0) is 4.74 Å². The lowest BCUT2D eigenvalue weighted by Gasteiger charge is -2.34. The van der Waals surface area contributed by atoms with E-state index >= 15 is 0 Å². The molecule has 0 bridgehead atoms. The van der Waals surface area contributed by atoms with E-state index in [-0.39, 0.29) is 6.10 Å². The lowest BCUT2D eigenvalue weighted by Crippen LogP contribution is -2.43. The Bertz CT molecular complexity index is 180. The highest BCUT2D eigenvalue weighted by atomic mass is 16.5. The Labute approximate surface area is 98.8 Å². The van der Waals surface area contributed by atoms with Crippen molar-refractivity contribution in [2.75, 3.05) is 32.8 Å². The maximum absolute atomic E-state index is 9.72. The van der Waals surface area contributed by atoms with E-state index in [1.165, 1.54) is 0 Å². The lowest BCUT2D eigenvalue weighted by molar-refractivity contribution is 0.0140. The lowest BCUT2D eigenvalue weighted by atomic mass is 9.91. The summed E-state index contributed by atoms with van der Waals surface area (Å²) in [6.45, 7) is 7.98. The molecule has 1 saturated heterocycles. The number of nitrogens with two attached hydrogens (primary N) is 1. The summed E-state index contributed by atoms with van der Waals surface area (Å²) >= 11 is 0. The van der Waals surface area contributed by atoms with Crippen molar-refractivity contribution in [1.29, 1.82) is 0 Å². The van der Waals surface area contributed by atoms with Crippen LogP contribution in [0, 0.1) is 5.92 Å². The molecule has 4 heteroatoms. The smallest absolute Gasteiger partial charge is 0.0900 e. The molecule has 3 N–H and O–H groups in total. The average Bonchev–Trinajstić information content (AvgIpc) is 2.27. The Morgan fingerprint density at radius 3 is 2.56 bits per heavy atom. The molecule has 0 spiro atoms. The summed E-state index contributed by atoms with van der Waals surface area (Å²) in [6.07, 6.45) is 1.95. The summed E-state index contributed by atoms with van der Waals surface area (Å²) < 4.78 is 5.20. The first-order chi connectivity index (χ1) is 7.63. The number of rotatable bonds is 6. The number of hydrogen-bond acceptors (Lipinski definition) is 4. The van der Waals surface area contributed by atoms with Gasteiger partial charge in [-0.3, -0.25) is 0 Å². The largest absolute Gasteiger partial charge is 0.389 e. The van der Waals surface area contributed by atoms with Crippen molar-refractivity contribution < 1.29 is 9.84 Å².